The molecule has 130 valence electrons. The van der Waals surface area contributed by atoms with Gasteiger partial charge in [0.05, 0.1) is 5.69 Å². The minimum absolute atomic E-state index is 0.0242. The van der Waals surface area contributed by atoms with Crippen molar-refractivity contribution in [3.63, 3.8) is 0 Å². The Balaban J connectivity index is 1.54. The first kappa shape index (κ1) is 16.9. The lowest BCUT2D eigenvalue weighted by Crippen LogP contribution is -2.45. The van der Waals surface area contributed by atoms with Crippen molar-refractivity contribution in [1.82, 2.24) is 20.2 Å². The van der Waals surface area contributed by atoms with Crippen LogP contribution in [0.5, 0.6) is 0 Å². The lowest BCUT2D eigenvalue weighted by atomic mass is 9.78. The van der Waals surface area contributed by atoms with Gasteiger partial charge in [0.15, 0.2) is 0 Å². The van der Waals surface area contributed by atoms with Gasteiger partial charge in [-0.3, -0.25) is 19.6 Å². The predicted octanol–water partition coefficient (Wildman–Crippen LogP) is 1.56. The molecule has 1 aromatic heterocycles. The molecule has 6 nitrogen and oxygen atoms in total. The molecule has 1 aromatic rings. The van der Waals surface area contributed by atoms with Crippen LogP contribution in [-0.2, 0) is 16.0 Å². The van der Waals surface area contributed by atoms with E-state index in [1.165, 1.54) is 0 Å². The summed E-state index contributed by atoms with van der Waals surface area (Å²) in [5.41, 5.74) is 0.867. The predicted molar refractivity (Wildman–Crippen MR) is 90.0 cm³/mol. The van der Waals surface area contributed by atoms with E-state index in [9.17, 15) is 9.59 Å². The summed E-state index contributed by atoms with van der Waals surface area (Å²) in [5, 5.41) is 3.00. The molecule has 24 heavy (non-hydrogen) atoms. The minimum atomic E-state index is -0.172. The van der Waals surface area contributed by atoms with Crippen LogP contribution in [0.1, 0.15) is 44.2 Å². The monoisotopic (exact) mass is 330 g/mol. The highest BCUT2D eigenvalue weighted by Crippen LogP contribution is 2.32. The molecule has 6 heteroatoms. The first-order valence-corrected chi connectivity index (χ1v) is 9.07. The average molecular weight is 330 g/mol. The van der Waals surface area contributed by atoms with E-state index < -0.39 is 0 Å². The van der Waals surface area contributed by atoms with Crippen molar-refractivity contribution in [2.45, 2.75) is 44.9 Å². The second-order valence-electron chi connectivity index (χ2n) is 6.77. The van der Waals surface area contributed by atoms with Gasteiger partial charge in [0.25, 0.3) is 0 Å². The van der Waals surface area contributed by atoms with Crippen LogP contribution >= 0.6 is 0 Å². The third-order valence-electron chi connectivity index (χ3n) is 5.13. The zero-order valence-electron chi connectivity index (χ0n) is 14.1. The van der Waals surface area contributed by atoms with Gasteiger partial charge in [0.1, 0.15) is 0 Å². The van der Waals surface area contributed by atoms with Crippen LogP contribution in [0.15, 0.2) is 18.6 Å². The quantitative estimate of drug-likeness (QED) is 0.889. The fourth-order valence-corrected chi connectivity index (χ4v) is 3.82. The Bertz CT molecular complexity index is 557. The summed E-state index contributed by atoms with van der Waals surface area (Å²) in [7, 11) is 0. The SMILES string of the molecule is O=C(NCCc1cnccn1)C1CCCCC1C(=O)N1CCCC1. The lowest BCUT2D eigenvalue weighted by Gasteiger charge is -2.32. The van der Waals surface area contributed by atoms with Gasteiger partial charge in [-0.1, -0.05) is 12.8 Å². The van der Waals surface area contributed by atoms with Crippen molar-refractivity contribution >= 4 is 11.8 Å². The third kappa shape index (κ3) is 4.10. The molecule has 2 aliphatic rings. The number of hydrogen-bond donors (Lipinski definition) is 1. The molecule has 0 aromatic carbocycles. The minimum Gasteiger partial charge on any atom is -0.355 e. The molecule has 2 unspecified atom stereocenters. The molecule has 1 aliphatic carbocycles. The highest BCUT2D eigenvalue weighted by Gasteiger charge is 2.38. The number of carbonyl (C=O) groups is 2. The number of amides is 2. The fraction of sp³-hybridized carbons (Fsp3) is 0.667. The molecule has 3 rings (SSSR count). The van der Waals surface area contributed by atoms with Crippen LogP contribution < -0.4 is 5.32 Å². The molecule has 2 atom stereocenters. The van der Waals surface area contributed by atoms with Gasteiger partial charge >= 0.3 is 0 Å². The third-order valence-corrected chi connectivity index (χ3v) is 5.13. The highest BCUT2D eigenvalue weighted by molar-refractivity contribution is 5.88. The van der Waals surface area contributed by atoms with Crippen LogP contribution in [0.3, 0.4) is 0 Å². The number of hydrogen-bond acceptors (Lipinski definition) is 4. The van der Waals surface area contributed by atoms with E-state index in [2.05, 4.69) is 15.3 Å². The Kier molecular flexibility index (Phi) is 5.77. The molecular weight excluding hydrogens is 304 g/mol. The Morgan fingerprint density at radius 2 is 1.83 bits per heavy atom. The standard InChI is InChI=1S/C18H26N4O2/c23-17(21-8-7-14-13-19-9-10-20-14)15-5-1-2-6-16(15)18(24)22-11-3-4-12-22/h9-10,13,15-16H,1-8,11-12H2,(H,21,23). The topological polar surface area (TPSA) is 75.2 Å². The van der Waals surface area contributed by atoms with Crippen LogP contribution in [0.25, 0.3) is 0 Å². The maximum absolute atomic E-state index is 12.7. The Morgan fingerprint density at radius 3 is 2.54 bits per heavy atom. The molecule has 2 fully saturated rings. The molecule has 2 amide bonds. The number of likely N-dealkylation sites (tertiary alicyclic amines) is 1. The summed E-state index contributed by atoms with van der Waals surface area (Å²) in [5.74, 6) is -0.0838. The van der Waals surface area contributed by atoms with Crippen LogP contribution in [-0.4, -0.2) is 46.3 Å². The number of aromatic nitrogens is 2. The first-order chi connectivity index (χ1) is 11.8. The van der Waals surface area contributed by atoms with Gasteiger partial charge in [-0.2, -0.15) is 0 Å². The maximum Gasteiger partial charge on any atom is 0.226 e. The van der Waals surface area contributed by atoms with Gasteiger partial charge in [-0.25, -0.2) is 0 Å². The molecular formula is C18H26N4O2. The molecule has 1 N–H and O–H groups in total. The molecule has 2 heterocycles. The Morgan fingerprint density at radius 1 is 1.08 bits per heavy atom. The van der Waals surface area contributed by atoms with Crippen LogP contribution in [0.4, 0.5) is 0 Å². The molecule has 0 spiro atoms. The lowest BCUT2D eigenvalue weighted by molar-refractivity contribution is -0.142. The Labute approximate surface area is 143 Å². The largest absolute Gasteiger partial charge is 0.355 e. The van der Waals surface area contributed by atoms with Gasteiger partial charge in [0, 0.05) is 56.5 Å². The zero-order chi connectivity index (χ0) is 16.8. The Hall–Kier alpha value is -1.98. The normalized spacial score (nSPS) is 23.9. The summed E-state index contributed by atoms with van der Waals surface area (Å²) >= 11 is 0. The molecule has 1 saturated heterocycles. The van der Waals surface area contributed by atoms with Crippen molar-refractivity contribution in [2.75, 3.05) is 19.6 Å². The highest BCUT2D eigenvalue weighted by atomic mass is 16.2. The molecule has 1 saturated carbocycles. The van der Waals surface area contributed by atoms with Crippen molar-refractivity contribution in [1.29, 1.82) is 0 Å². The van der Waals surface area contributed by atoms with Crippen molar-refractivity contribution in [2.24, 2.45) is 11.8 Å². The van der Waals surface area contributed by atoms with E-state index >= 15 is 0 Å². The average Bonchev–Trinajstić information content (AvgIpc) is 3.16. The van der Waals surface area contributed by atoms with E-state index in [0.717, 1.165) is 57.3 Å². The van der Waals surface area contributed by atoms with Gasteiger partial charge in [-0.15, -0.1) is 0 Å². The van der Waals surface area contributed by atoms with Gasteiger partial charge in [-0.05, 0) is 25.7 Å². The summed E-state index contributed by atoms with van der Waals surface area (Å²) in [4.78, 5) is 35.5. The number of rotatable bonds is 5. The van der Waals surface area contributed by atoms with E-state index in [-0.39, 0.29) is 23.7 Å². The van der Waals surface area contributed by atoms with Gasteiger partial charge in [0.2, 0.25) is 11.8 Å². The summed E-state index contributed by atoms with van der Waals surface area (Å²) < 4.78 is 0. The second-order valence-corrected chi connectivity index (χ2v) is 6.77. The van der Waals surface area contributed by atoms with E-state index in [1.54, 1.807) is 18.6 Å². The van der Waals surface area contributed by atoms with E-state index in [4.69, 9.17) is 0 Å². The van der Waals surface area contributed by atoms with E-state index in [0.29, 0.717) is 13.0 Å². The van der Waals surface area contributed by atoms with Crippen LogP contribution in [0.2, 0.25) is 0 Å². The molecule has 0 bridgehead atoms. The zero-order valence-corrected chi connectivity index (χ0v) is 14.1. The van der Waals surface area contributed by atoms with Crippen molar-refractivity contribution in [3.05, 3.63) is 24.3 Å². The van der Waals surface area contributed by atoms with Crippen LogP contribution in [0, 0.1) is 11.8 Å². The van der Waals surface area contributed by atoms with Gasteiger partial charge < -0.3 is 10.2 Å². The first-order valence-electron chi connectivity index (χ1n) is 9.07. The number of nitrogens with zero attached hydrogens (tertiary/aromatic N) is 3. The van der Waals surface area contributed by atoms with E-state index in [1.807, 2.05) is 4.90 Å². The molecule has 0 radical (unpaired) electrons. The van der Waals surface area contributed by atoms with Crippen molar-refractivity contribution in [3.8, 4) is 0 Å². The smallest absolute Gasteiger partial charge is 0.226 e. The second kappa shape index (κ2) is 8.22. The summed E-state index contributed by atoms with van der Waals surface area (Å²) in [6.45, 7) is 2.26. The molecule has 1 aliphatic heterocycles. The number of carbonyl (C=O) groups excluding carboxylic acids is 2. The summed E-state index contributed by atoms with van der Waals surface area (Å²) in [6, 6.07) is 0. The van der Waals surface area contributed by atoms with Crippen molar-refractivity contribution < 1.29 is 9.59 Å². The number of nitrogens with one attached hydrogen (secondary N) is 1. The fourth-order valence-electron chi connectivity index (χ4n) is 3.82. The summed E-state index contributed by atoms with van der Waals surface area (Å²) in [6.07, 6.45) is 11.6. The maximum atomic E-state index is 12.7.